The van der Waals surface area contributed by atoms with Crippen molar-refractivity contribution in [1.82, 2.24) is 0 Å². The third-order valence-corrected chi connectivity index (χ3v) is 3.26. The quantitative estimate of drug-likeness (QED) is 0.716. The minimum absolute atomic E-state index is 0.124. The molecule has 2 rings (SSSR count). The Hall–Kier alpha value is -3.67. The lowest BCUT2D eigenvalue weighted by molar-refractivity contribution is -0.274. The van der Waals surface area contributed by atoms with E-state index in [1.54, 1.807) is 18.2 Å². The van der Waals surface area contributed by atoms with E-state index >= 15 is 0 Å². The van der Waals surface area contributed by atoms with E-state index in [-0.39, 0.29) is 12.4 Å². The van der Waals surface area contributed by atoms with Crippen LogP contribution in [0.1, 0.15) is 5.56 Å². The van der Waals surface area contributed by atoms with Gasteiger partial charge in [0.25, 0.3) is 0 Å². The van der Waals surface area contributed by atoms with Gasteiger partial charge in [0.05, 0.1) is 7.11 Å². The smallest absolute Gasteiger partial charge is 0.493 e. The minimum Gasteiger partial charge on any atom is -0.493 e. The molecule has 0 aliphatic rings. The number of nitrogens with one attached hydrogen (secondary N) is 1. The molecule has 0 aliphatic carbocycles. The molecular weight excluding hydrogens is 377 g/mol. The number of alkyl halides is 3. The topological polar surface area (TPSA) is 80.6 Å². The third kappa shape index (κ3) is 6.57. The summed E-state index contributed by atoms with van der Waals surface area (Å²) < 4.78 is 50.5. The summed E-state index contributed by atoms with van der Waals surface area (Å²) >= 11 is 0. The first-order valence-corrected chi connectivity index (χ1v) is 7.83. The van der Waals surface area contributed by atoms with Gasteiger partial charge in [-0.1, -0.05) is 6.07 Å². The van der Waals surface area contributed by atoms with Crippen LogP contribution in [0.15, 0.2) is 48.5 Å². The van der Waals surface area contributed by atoms with Gasteiger partial charge >= 0.3 is 6.36 Å². The summed E-state index contributed by atoms with van der Waals surface area (Å²) in [6.07, 6.45) is -2.00. The Kier molecular flexibility index (Phi) is 6.87. The predicted molar refractivity (Wildman–Crippen MR) is 94.9 cm³/mol. The van der Waals surface area contributed by atoms with Crippen molar-refractivity contribution in [1.29, 1.82) is 5.26 Å². The van der Waals surface area contributed by atoms with Crippen LogP contribution < -0.4 is 19.5 Å². The van der Waals surface area contributed by atoms with Crippen LogP contribution in [0, 0.1) is 11.3 Å². The molecule has 0 unspecified atom stereocenters. The number of hydrogen-bond acceptors (Lipinski definition) is 5. The van der Waals surface area contributed by atoms with Gasteiger partial charge in [-0.2, -0.15) is 5.26 Å². The molecule has 0 aromatic heterocycles. The maximum Gasteiger partial charge on any atom is 0.573 e. The van der Waals surface area contributed by atoms with E-state index in [0.29, 0.717) is 22.7 Å². The molecule has 0 saturated carbocycles. The number of anilines is 1. The molecule has 0 heterocycles. The Morgan fingerprint density at radius 1 is 1.18 bits per heavy atom. The van der Waals surface area contributed by atoms with E-state index in [0.717, 1.165) is 12.1 Å². The molecule has 0 saturated heterocycles. The van der Waals surface area contributed by atoms with Crippen molar-refractivity contribution in [3.8, 4) is 23.3 Å². The second-order valence-electron chi connectivity index (χ2n) is 5.25. The van der Waals surface area contributed by atoms with Gasteiger partial charge in [0, 0.05) is 11.8 Å². The van der Waals surface area contributed by atoms with Crippen molar-refractivity contribution >= 4 is 17.7 Å². The van der Waals surface area contributed by atoms with Crippen molar-refractivity contribution in [3.63, 3.8) is 0 Å². The van der Waals surface area contributed by atoms with E-state index < -0.39 is 12.3 Å². The molecule has 2 aromatic carbocycles. The second-order valence-corrected chi connectivity index (χ2v) is 5.25. The first kappa shape index (κ1) is 20.6. The van der Waals surface area contributed by atoms with Gasteiger partial charge in [-0.25, -0.2) is 0 Å². The largest absolute Gasteiger partial charge is 0.573 e. The molecule has 6 nitrogen and oxygen atoms in total. The lowest BCUT2D eigenvalue weighted by Crippen LogP contribution is -2.17. The third-order valence-electron chi connectivity index (χ3n) is 3.26. The maximum atomic E-state index is 12.1. The molecule has 0 bridgehead atoms. The van der Waals surface area contributed by atoms with Gasteiger partial charge in [-0.15, -0.1) is 13.2 Å². The van der Waals surface area contributed by atoms with Crippen molar-refractivity contribution in [3.05, 3.63) is 54.1 Å². The van der Waals surface area contributed by atoms with Gasteiger partial charge < -0.3 is 19.5 Å². The van der Waals surface area contributed by atoms with Crippen molar-refractivity contribution < 1.29 is 32.2 Å². The molecule has 0 radical (unpaired) electrons. The molecule has 0 aliphatic heterocycles. The Morgan fingerprint density at radius 3 is 2.50 bits per heavy atom. The van der Waals surface area contributed by atoms with Crippen LogP contribution in [0.4, 0.5) is 18.9 Å². The van der Waals surface area contributed by atoms with Gasteiger partial charge in [-0.3, -0.25) is 4.79 Å². The fourth-order valence-electron chi connectivity index (χ4n) is 2.11. The first-order valence-electron chi connectivity index (χ1n) is 7.83. The number of halogens is 3. The number of benzene rings is 2. The number of methoxy groups -OCH3 is 1. The van der Waals surface area contributed by atoms with E-state index in [2.05, 4.69) is 10.1 Å². The standard InChI is InChI=1S/C19H15F3N2O4/c1-26-17-12-13(2-8-16(17)27-11-10-23)3-9-18(25)24-14-4-6-15(7-5-14)28-19(20,21)22/h2-9,12H,11H2,1H3,(H,24,25). The Labute approximate surface area is 158 Å². The highest BCUT2D eigenvalue weighted by Crippen LogP contribution is 2.28. The van der Waals surface area contributed by atoms with Crippen LogP contribution in [0.25, 0.3) is 6.08 Å². The number of nitriles is 1. The Morgan fingerprint density at radius 2 is 1.89 bits per heavy atom. The summed E-state index contributed by atoms with van der Waals surface area (Å²) in [6, 6.07) is 11.5. The van der Waals surface area contributed by atoms with Crippen LogP contribution >= 0.6 is 0 Å². The molecule has 28 heavy (non-hydrogen) atoms. The van der Waals surface area contributed by atoms with Gasteiger partial charge in [0.1, 0.15) is 11.8 Å². The second kappa shape index (κ2) is 9.32. The molecule has 2 aromatic rings. The number of carbonyl (C=O) groups excluding carboxylic acids is 1. The van der Waals surface area contributed by atoms with Crippen LogP contribution in [0.3, 0.4) is 0 Å². The fraction of sp³-hybridized carbons (Fsp3) is 0.158. The Bertz CT molecular complexity index is 888. The van der Waals surface area contributed by atoms with Crippen LogP contribution in [-0.4, -0.2) is 26.0 Å². The molecule has 146 valence electrons. The van der Waals surface area contributed by atoms with E-state index in [1.807, 2.05) is 6.07 Å². The maximum absolute atomic E-state index is 12.1. The zero-order valence-electron chi connectivity index (χ0n) is 14.6. The highest BCUT2D eigenvalue weighted by molar-refractivity contribution is 6.01. The van der Waals surface area contributed by atoms with E-state index in [9.17, 15) is 18.0 Å². The highest BCUT2D eigenvalue weighted by atomic mass is 19.4. The normalized spacial score (nSPS) is 11.0. The monoisotopic (exact) mass is 392 g/mol. The summed E-state index contributed by atoms with van der Waals surface area (Å²) in [4.78, 5) is 12.0. The lowest BCUT2D eigenvalue weighted by atomic mass is 10.2. The molecule has 0 atom stereocenters. The summed E-state index contributed by atoms with van der Waals surface area (Å²) in [6.45, 7) is -0.124. The SMILES string of the molecule is COc1cc(C=CC(=O)Nc2ccc(OC(F)(F)F)cc2)ccc1OCC#N. The summed E-state index contributed by atoms with van der Waals surface area (Å²) in [7, 11) is 1.45. The van der Waals surface area contributed by atoms with Gasteiger partial charge in [0.15, 0.2) is 18.1 Å². The zero-order valence-corrected chi connectivity index (χ0v) is 14.6. The van der Waals surface area contributed by atoms with Gasteiger partial charge in [-0.05, 0) is 48.0 Å². The van der Waals surface area contributed by atoms with Crippen molar-refractivity contribution in [2.45, 2.75) is 6.36 Å². The predicted octanol–water partition coefficient (Wildman–Crippen LogP) is 4.15. The molecular formula is C19H15F3N2O4. The number of amides is 1. The number of carbonyl (C=O) groups is 1. The number of nitrogens with zero attached hydrogens (tertiary/aromatic N) is 1. The Balaban J connectivity index is 1.99. The average molecular weight is 392 g/mol. The summed E-state index contributed by atoms with van der Waals surface area (Å²) in [5.74, 6) is -0.0648. The average Bonchev–Trinajstić information content (AvgIpc) is 2.65. The summed E-state index contributed by atoms with van der Waals surface area (Å²) in [5.41, 5.74) is 0.951. The molecule has 1 N–H and O–H groups in total. The zero-order chi connectivity index (χ0) is 20.6. The molecule has 9 heteroatoms. The van der Waals surface area contributed by atoms with E-state index in [1.165, 1.54) is 31.4 Å². The molecule has 0 spiro atoms. The van der Waals surface area contributed by atoms with Crippen LogP contribution in [0.5, 0.6) is 17.2 Å². The van der Waals surface area contributed by atoms with Crippen LogP contribution in [-0.2, 0) is 4.79 Å². The van der Waals surface area contributed by atoms with Crippen molar-refractivity contribution in [2.24, 2.45) is 0 Å². The van der Waals surface area contributed by atoms with Gasteiger partial charge in [0.2, 0.25) is 5.91 Å². The lowest BCUT2D eigenvalue weighted by Gasteiger charge is -2.09. The molecule has 0 fully saturated rings. The minimum atomic E-state index is -4.77. The number of ether oxygens (including phenoxy) is 3. The molecule has 1 amide bonds. The highest BCUT2D eigenvalue weighted by Gasteiger charge is 2.30. The van der Waals surface area contributed by atoms with Crippen LogP contribution in [0.2, 0.25) is 0 Å². The fourth-order valence-corrected chi connectivity index (χ4v) is 2.11. The summed E-state index contributed by atoms with van der Waals surface area (Å²) in [5, 5.41) is 11.1. The number of rotatable bonds is 7. The van der Waals surface area contributed by atoms with E-state index in [4.69, 9.17) is 14.7 Å². The first-order chi connectivity index (χ1) is 13.3. The van der Waals surface area contributed by atoms with Crippen molar-refractivity contribution in [2.75, 3.05) is 19.0 Å². The number of hydrogen-bond donors (Lipinski definition) is 1.